The highest BCUT2D eigenvalue weighted by Crippen LogP contribution is 2.39. The van der Waals surface area contributed by atoms with Gasteiger partial charge in [-0.2, -0.15) is 0 Å². The molecule has 1 unspecified atom stereocenters. The fraction of sp³-hybridized carbons (Fsp3) is 1.00. The second-order valence-electron chi connectivity index (χ2n) is 4.78. The van der Waals surface area contributed by atoms with Crippen molar-refractivity contribution in [2.24, 2.45) is 5.73 Å². The number of ether oxygens (including phenoxy) is 1. The lowest BCUT2D eigenvalue weighted by molar-refractivity contribution is -0.102. The van der Waals surface area contributed by atoms with Gasteiger partial charge in [0.2, 0.25) is 0 Å². The predicted molar refractivity (Wildman–Crippen MR) is 63.9 cm³/mol. The molecule has 0 aromatic heterocycles. The van der Waals surface area contributed by atoms with Crippen molar-refractivity contribution >= 4 is 0 Å². The minimum absolute atomic E-state index is 0.204. The van der Waals surface area contributed by atoms with Gasteiger partial charge >= 0.3 is 0 Å². The average molecular weight is 214 g/mol. The van der Waals surface area contributed by atoms with Crippen LogP contribution in [0.1, 0.15) is 40.0 Å². The third kappa shape index (κ3) is 2.52. The van der Waals surface area contributed by atoms with E-state index in [4.69, 9.17) is 10.5 Å². The van der Waals surface area contributed by atoms with E-state index in [1.807, 2.05) is 0 Å². The summed E-state index contributed by atoms with van der Waals surface area (Å²) in [7, 11) is 2.20. The second-order valence-corrected chi connectivity index (χ2v) is 4.78. The van der Waals surface area contributed by atoms with Crippen LogP contribution in [0, 0.1) is 0 Å². The molecular weight excluding hydrogens is 188 g/mol. The highest BCUT2D eigenvalue weighted by atomic mass is 16.5. The maximum Gasteiger partial charge on any atom is 0.0611 e. The summed E-state index contributed by atoms with van der Waals surface area (Å²) in [4.78, 5) is 2.45. The van der Waals surface area contributed by atoms with Crippen molar-refractivity contribution in [2.75, 3.05) is 20.2 Å². The van der Waals surface area contributed by atoms with Crippen molar-refractivity contribution in [3.63, 3.8) is 0 Å². The van der Waals surface area contributed by atoms with E-state index in [-0.39, 0.29) is 5.54 Å². The Hall–Kier alpha value is -0.120. The Morgan fingerprint density at radius 1 is 1.47 bits per heavy atom. The molecule has 0 spiro atoms. The molecule has 0 aromatic rings. The molecule has 3 heteroatoms. The van der Waals surface area contributed by atoms with Crippen molar-refractivity contribution in [2.45, 2.75) is 57.7 Å². The molecular formula is C12H26N2O. The Morgan fingerprint density at radius 3 is 2.47 bits per heavy atom. The lowest BCUT2D eigenvalue weighted by Crippen LogP contribution is -2.64. The quantitative estimate of drug-likeness (QED) is 0.730. The minimum atomic E-state index is 0.204. The number of rotatable bonds is 6. The van der Waals surface area contributed by atoms with Gasteiger partial charge < -0.3 is 10.5 Å². The Bertz CT molecular complexity index is 190. The van der Waals surface area contributed by atoms with E-state index in [2.05, 4.69) is 32.7 Å². The third-order valence-electron chi connectivity index (χ3n) is 4.00. The van der Waals surface area contributed by atoms with E-state index < -0.39 is 0 Å². The third-order valence-corrected chi connectivity index (χ3v) is 4.00. The molecule has 1 fully saturated rings. The SMILES string of the molecule is CCOC1CC(CN)(N(C)C(C)CC)C1. The maximum atomic E-state index is 5.92. The van der Waals surface area contributed by atoms with Gasteiger partial charge in [-0.3, -0.25) is 4.90 Å². The summed E-state index contributed by atoms with van der Waals surface area (Å²) in [6.07, 6.45) is 3.80. The van der Waals surface area contributed by atoms with Crippen LogP contribution in [0.25, 0.3) is 0 Å². The molecule has 0 radical (unpaired) electrons. The molecule has 0 bridgehead atoms. The van der Waals surface area contributed by atoms with Crippen LogP contribution in [-0.2, 0) is 4.74 Å². The molecule has 90 valence electrons. The lowest BCUT2D eigenvalue weighted by atomic mass is 9.72. The first kappa shape index (κ1) is 12.9. The number of likely N-dealkylation sites (N-methyl/N-ethyl adjacent to an activating group) is 1. The molecule has 1 rings (SSSR count). The zero-order chi connectivity index (χ0) is 11.5. The van der Waals surface area contributed by atoms with Gasteiger partial charge in [-0.05, 0) is 40.2 Å². The van der Waals surface area contributed by atoms with Crippen LogP contribution in [0.3, 0.4) is 0 Å². The molecule has 0 aromatic carbocycles. The van der Waals surface area contributed by atoms with Crippen molar-refractivity contribution in [1.82, 2.24) is 4.90 Å². The molecule has 2 N–H and O–H groups in total. The van der Waals surface area contributed by atoms with Gasteiger partial charge in [0.05, 0.1) is 6.10 Å². The first-order valence-corrected chi connectivity index (χ1v) is 6.14. The number of nitrogens with zero attached hydrogens (tertiary/aromatic N) is 1. The zero-order valence-corrected chi connectivity index (χ0v) is 10.6. The highest BCUT2D eigenvalue weighted by molar-refractivity contribution is 5.04. The van der Waals surface area contributed by atoms with Gasteiger partial charge in [-0.1, -0.05) is 6.92 Å². The van der Waals surface area contributed by atoms with E-state index in [9.17, 15) is 0 Å². The second kappa shape index (κ2) is 5.28. The van der Waals surface area contributed by atoms with E-state index in [0.29, 0.717) is 12.1 Å². The van der Waals surface area contributed by atoms with Gasteiger partial charge in [0.15, 0.2) is 0 Å². The fourth-order valence-corrected chi connectivity index (χ4v) is 2.48. The number of hydrogen-bond acceptors (Lipinski definition) is 3. The van der Waals surface area contributed by atoms with E-state index in [1.54, 1.807) is 0 Å². The molecule has 0 aliphatic heterocycles. The Morgan fingerprint density at radius 2 is 2.07 bits per heavy atom. The monoisotopic (exact) mass is 214 g/mol. The summed E-state index contributed by atoms with van der Waals surface area (Å²) in [5, 5.41) is 0. The maximum absolute atomic E-state index is 5.92. The van der Waals surface area contributed by atoms with E-state index >= 15 is 0 Å². The molecule has 1 aliphatic rings. The molecule has 3 nitrogen and oxygen atoms in total. The van der Waals surface area contributed by atoms with Crippen LogP contribution in [0.5, 0.6) is 0 Å². The van der Waals surface area contributed by atoms with E-state index in [0.717, 1.165) is 26.0 Å². The predicted octanol–water partition coefficient (Wildman–Crippen LogP) is 1.61. The molecule has 0 heterocycles. The standard InChI is InChI=1S/C12H26N2O/c1-5-10(3)14(4)12(9-13)7-11(8-12)15-6-2/h10-11H,5-9,13H2,1-4H3. The molecule has 0 amide bonds. The van der Waals surface area contributed by atoms with Crippen LogP contribution < -0.4 is 5.73 Å². The smallest absolute Gasteiger partial charge is 0.0611 e. The summed E-state index contributed by atoms with van der Waals surface area (Å²) in [6.45, 7) is 8.12. The number of hydrogen-bond donors (Lipinski definition) is 1. The first-order chi connectivity index (χ1) is 7.09. The van der Waals surface area contributed by atoms with Gasteiger partial charge in [-0.25, -0.2) is 0 Å². The average Bonchev–Trinajstić information content (AvgIpc) is 2.20. The Kier molecular flexibility index (Phi) is 4.56. The lowest BCUT2D eigenvalue weighted by Gasteiger charge is -2.54. The topological polar surface area (TPSA) is 38.5 Å². The Labute approximate surface area is 94.0 Å². The summed E-state index contributed by atoms with van der Waals surface area (Å²) < 4.78 is 5.62. The van der Waals surface area contributed by atoms with Crippen LogP contribution in [-0.4, -0.2) is 42.8 Å². The summed E-state index contributed by atoms with van der Waals surface area (Å²) in [5.74, 6) is 0. The summed E-state index contributed by atoms with van der Waals surface area (Å²) >= 11 is 0. The van der Waals surface area contributed by atoms with Crippen LogP contribution >= 0.6 is 0 Å². The molecule has 1 atom stereocenters. The fourth-order valence-electron chi connectivity index (χ4n) is 2.48. The largest absolute Gasteiger partial charge is 0.378 e. The van der Waals surface area contributed by atoms with Crippen molar-refractivity contribution in [1.29, 1.82) is 0 Å². The minimum Gasteiger partial charge on any atom is -0.378 e. The summed E-state index contributed by atoms with van der Waals surface area (Å²) in [6, 6.07) is 0.608. The molecule has 15 heavy (non-hydrogen) atoms. The van der Waals surface area contributed by atoms with Gasteiger partial charge in [0.25, 0.3) is 0 Å². The van der Waals surface area contributed by atoms with Crippen molar-refractivity contribution in [3.05, 3.63) is 0 Å². The Balaban J connectivity index is 2.50. The van der Waals surface area contributed by atoms with Gasteiger partial charge in [0, 0.05) is 24.7 Å². The van der Waals surface area contributed by atoms with Crippen molar-refractivity contribution < 1.29 is 4.74 Å². The summed E-state index contributed by atoms with van der Waals surface area (Å²) in [5.41, 5.74) is 6.13. The molecule has 1 saturated carbocycles. The van der Waals surface area contributed by atoms with Crippen LogP contribution in [0.15, 0.2) is 0 Å². The van der Waals surface area contributed by atoms with Gasteiger partial charge in [0.1, 0.15) is 0 Å². The zero-order valence-electron chi connectivity index (χ0n) is 10.6. The van der Waals surface area contributed by atoms with Crippen molar-refractivity contribution in [3.8, 4) is 0 Å². The molecule has 0 saturated heterocycles. The first-order valence-electron chi connectivity index (χ1n) is 6.14. The van der Waals surface area contributed by atoms with Crippen LogP contribution in [0.2, 0.25) is 0 Å². The van der Waals surface area contributed by atoms with Crippen LogP contribution in [0.4, 0.5) is 0 Å². The molecule has 1 aliphatic carbocycles. The van der Waals surface area contributed by atoms with Gasteiger partial charge in [-0.15, -0.1) is 0 Å². The van der Waals surface area contributed by atoms with E-state index in [1.165, 1.54) is 6.42 Å². The number of nitrogens with two attached hydrogens (primary N) is 1. The highest BCUT2D eigenvalue weighted by Gasteiger charge is 2.47. The normalized spacial score (nSPS) is 32.8.